The lowest BCUT2D eigenvalue weighted by atomic mass is 9.86. The van der Waals surface area contributed by atoms with Gasteiger partial charge >= 0.3 is 5.97 Å². The van der Waals surface area contributed by atoms with Crippen LogP contribution in [0.5, 0.6) is 23.0 Å². The van der Waals surface area contributed by atoms with Gasteiger partial charge in [-0.15, -0.1) is 0 Å². The number of cyclic esters (lactones) is 1. The average molecular weight is 384 g/mol. The lowest BCUT2D eigenvalue weighted by Crippen LogP contribution is -3.11. The van der Waals surface area contributed by atoms with Gasteiger partial charge < -0.3 is 28.6 Å². The minimum absolute atomic E-state index is 0.0402. The molecule has 0 radical (unpaired) electrons. The van der Waals surface area contributed by atoms with Gasteiger partial charge in [-0.2, -0.15) is 0 Å². The monoisotopic (exact) mass is 384 g/mol. The number of methoxy groups -OCH3 is 2. The van der Waals surface area contributed by atoms with E-state index in [4.69, 9.17) is 23.7 Å². The van der Waals surface area contributed by atoms with E-state index in [-0.39, 0.29) is 18.8 Å². The second-order valence-corrected chi connectivity index (χ2v) is 7.35. The van der Waals surface area contributed by atoms with Gasteiger partial charge in [0.15, 0.2) is 35.1 Å². The molecular formula is C21H22NO6+. The molecule has 5 rings (SSSR count). The topological polar surface area (TPSA) is 67.7 Å². The number of quaternary nitrogens is 1. The third-order valence-electron chi connectivity index (χ3n) is 5.91. The fraction of sp³-hybridized carbons (Fsp3) is 0.381. The average Bonchev–Trinajstić information content (AvgIpc) is 3.29. The molecule has 0 spiro atoms. The van der Waals surface area contributed by atoms with E-state index in [1.165, 1.54) is 10.5 Å². The van der Waals surface area contributed by atoms with E-state index in [1.807, 2.05) is 12.1 Å². The van der Waals surface area contributed by atoms with Crippen molar-refractivity contribution in [2.45, 2.75) is 18.6 Å². The predicted molar refractivity (Wildman–Crippen MR) is 98.5 cm³/mol. The molecule has 0 bridgehead atoms. The number of rotatable bonds is 3. The van der Waals surface area contributed by atoms with Gasteiger partial charge in [0.2, 0.25) is 6.79 Å². The number of likely N-dealkylation sites (N-methyl/N-ethyl adjacent to an activating group) is 1. The van der Waals surface area contributed by atoms with Crippen molar-refractivity contribution >= 4 is 5.97 Å². The quantitative estimate of drug-likeness (QED) is 0.809. The van der Waals surface area contributed by atoms with Crippen LogP contribution in [0, 0.1) is 0 Å². The van der Waals surface area contributed by atoms with Gasteiger partial charge in [-0.25, -0.2) is 4.79 Å². The van der Waals surface area contributed by atoms with Gasteiger partial charge in [-0.1, -0.05) is 0 Å². The molecule has 3 atom stereocenters. The molecule has 2 aromatic carbocycles. The Morgan fingerprint density at radius 1 is 1.00 bits per heavy atom. The molecule has 1 unspecified atom stereocenters. The van der Waals surface area contributed by atoms with Crippen molar-refractivity contribution in [3.8, 4) is 23.0 Å². The van der Waals surface area contributed by atoms with Crippen LogP contribution in [-0.4, -0.2) is 40.6 Å². The highest BCUT2D eigenvalue weighted by molar-refractivity contribution is 5.95. The fourth-order valence-corrected chi connectivity index (χ4v) is 4.48. The van der Waals surface area contributed by atoms with Crippen LogP contribution in [0.2, 0.25) is 0 Å². The third-order valence-corrected chi connectivity index (χ3v) is 5.91. The van der Waals surface area contributed by atoms with Gasteiger partial charge in [-0.05, 0) is 29.8 Å². The smallest absolute Gasteiger partial charge is 0.339 e. The number of carbonyl (C=O) groups excluding carboxylic acids is 1. The Labute approximate surface area is 162 Å². The summed E-state index contributed by atoms with van der Waals surface area (Å²) in [5.41, 5.74) is 3.71. The van der Waals surface area contributed by atoms with Gasteiger partial charge in [0.05, 0.1) is 33.4 Å². The number of esters is 1. The molecule has 0 fully saturated rings. The van der Waals surface area contributed by atoms with E-state index < -0.39 is 6.10 Å². The summed E-state index contributed by atoms with van der Waals surface area (Å²) in [6.07, 6.45) is 0.537. The molecule has 0 amide bonds. The van der Waals surface area contributed by atoms with Crippen molar-refractivity contribution in [3.63, 3.8) is 0 Å². The first kappa shape index (κ1) is 17.2. The Hall–Kier alpha value is -2.93. The zero-order chi connectivity index (χ0) is 19.4. The van der Waals surface area contributed by atoms with Crippen LogP contribution in [0.4, 0.5) is 0 Å². The Morgan fingerprint density at radius 2 is 1.71 bits per heavy atom. The summed E-state index contributed by atoms with van der Waals surface area (Å²) in [4.78, 5) is 13.9. The highest BCUT2D eigenvalue weighted by atomic mass is 16.7. The molecule has 3 aliphatic rings. The maximum absolute atomic E-state index is 12.6. The first-order chi connectivity index (χ1) is 13.6. The Morgan fingerprint density at radius 3 is 2.46 bits per heavy atom. The zero-order valence-corrected chi connectivity index (χ0v) is 16.0. The standard InChI is InChI=1S/C21H21NO6/c1-22-5-4-11-6-17-18(27-10-26-17)7-12(11)19(22)20-13-8-15(24-2)16(25-3)9-14(13)21(23)28-20/h6-9,19-20H,4-5,10H2,1-3H3/p+1/t19-,20-/m0/s1. The minimum atomic E-state index is -0.401. The van der Waals surface area contributed by atoms with Crippen LogP contribution in [0.1, 0.15) is 39.2 Å². The summed E-state index contributed by atoms with van der Waals surface area (Å²) >= 11 is 0. The summed E-state index contributed by atoms with van der Waals surface area (Å²) in [6, 6.07) is 7.62. The number of carbonyl (C=O) groups is 1. The van der Waals surface area contributed by atoms with Gasteiger partial charge in [0.25, 0.3) is 0 Å². The molecule has 0 saturated carbocycles. The number of hydrogen-bond acceptors (Lipinski definition) is 6. The minimum Gasteiger partial charge on any atom is -0.493 e. The van der Waals surface area contributed by atoms with E-state index in [1.54, 1.807) is 20.3 Å². The van der Waals surface area contributed by atoms with Crippen molar-refractivity contribution in [2.75, 3.05) is 34.6 Å². The summed E-state index contributed by atoms with van der Waals surface area (Å²) in [7, 11) is 5.27. The van der Waals surface area contributed by atoms with Gasteiger partial charge in [0.1, 0.15) is 0 Å². The Bertz CT molecular complexity index is 972. The van der Waals surface area contributed by atoms with E-state index in [2.05, 4.69) is 13.1 Å². The van der Waals surface area contributed by atoms with E-state index in [0.29, 0.717) is 17.1 Å². The first-order valence-corrected chi connectivity index (χ1v) is 9.32. The molecule has 7 heteroatoms. The zero-order valence-electron chi connectivity index (χ0n) is 16.0. The Balaban J connectivity index is 1.63. The maximum Gasteiger partial charge on any atom is 0.339 e. The van der Waals surface area contributed by atoms with Crippen molar-refractivity contribution in [2.24, 2.45) is 0 Å². The van der Waals surface area contributed by atoms with Gasteiger partial charge in [-0.3, -0.25) is 0 Å². The molecule has 3 heterocycles. The van der Waals surface area contributed by atoms with Crippen LogP contribution in [0.25, 0.3) is 0 Å². The third kappa shape index (κ3) is 2.43. The van der Waals surface area contributed by atoms with Crippen LogP contribution in [0.15, 0.2) is 24.3 Å². The number of nitrogens with one attached hydrogen (secondary N) is 1. The summed E-state index contributed by atoms with van der Waals surface area (Å²) in [6.45, 7) is 1.18. The molecule has 146 valence electrons. The van der Waals surface area contributed by atoms with Crippen molar-refractivity contribution < 1.29 is 33.4 Å². The lowest BCUT2D eigenvalue weighted by Gasteiger charge is -2.34. The molecular weight excluding hydrogens is 362 g/mol. The second-order valence-electron chi connectivity index (χ2n) is 7.35. The van der Waals surface area contributed by atoms with Crippen molar-refractivity contribution in [1.82, 2.24) is 0 Å². The second kappa shape index (κ2) is 6.31. The van der Waals surface area contributed by atoms with Crippen molar-refractivity contribution in [1.29, 1.82) is 0 Å². The van der Waals surface area contributed by atoms with Crippen LogP contribution in [-0.2, 0) is 11.2 Å². The van der Waals surface area contributed by atoms with E-state index in [0.717, 1.165) is 35.6 Å². The molecule has 1 N–H and O–H groups in total. The van der Waals surface area contributed by atoms with Crippen LogP contribution < -0.4 is 23.8 Å². The normalized spacial score (nSPS) is 24.4. The molecule has 0 saturated heterocycles. The van der Waals surface area contributed by atoms with Gasteiger partial charge in [0, 0.05) is 17.5 Å². The highest BCUT2D eigenvalue weighted by Crippen LogP contribution is 2.46. The van der Waals surface area contributed by atoms with Crippen LogP contribution >= 0.6 is 0 Å². The maximum atomic E-state index is 12.6. The van der Waals surface area contributed by atoms with Crippen LogP contribution in [0.3, 0.4) is 0 Å². The number of ether oxygens (including phenoxy) is 5. The number of fused-ring (bicyclic) bond motifs is 3. The van der Waals surface area contributed by atoms with E-state index >= 15 is 0 Å². The Kier molecular flexibility index (Phi) is 3.87. The summed E-state index contributed by atoms with van der Waals surface area (Å²) in [5, 5.41) is 0. The van der Waals surface area contributed by atoms with Crippen molar-refractivity contribution in [3.05, 3.63) is 46.5 Å². The molecule has 0 aromatic heterocycles. The molecule has 0 aliphatic carbocycles. The largest absolute Gasteiger partial charge is 0.493 e. The lowest BCUT2D eigenvalue weighted by molar-refractivity contribution is -0.919. The summed E-state index contributed by atoms with van der Waals surface area (Å²) < 4.78 is 27.8. The predicted octanol–water partition coefficient (Wildman–Crippen LogP) is 1.46. The number of benzene rings is 2. The fourth-order valence-electron chi connectivity index (χ4n) is 4.48. The summed E-state index contributed by atoms with van der Waals surface area (Å²) in [5.74, 6) is 2.31. The SMILES string of the molecule is COc1cc2c(cc1OC)[C@@H]([C@@H]1c3cc4c(cc3CC[NH+]1C)OCO4)OC2=O. The molecule has 2 aromatic rings. The van der Waals surface area contributed by atoms with E-state index in [9.17, 15) is 4.79 Å². The highest BCUT2D eigenvalue weighted by Gasteiger charge is 2.45. The molecule has 7 nitrogen and oxygen atoms in total. The molecule has 28 heavy (non-hydrogen) atoms. The first-order valence-electron chi connectivity index (χ1n) is 9.32. The molecule has 3 aliphatic heterocycles. The number of hydrogen-bond donors (Lipinski definition) is 1.